The van der Waals surface area contributed by atoms with E-state index in [0.717, 1.165) is 12.5 Å². The Morgan fingerprint density at radius 3 is 2.38 bits per heavy atom. The van der Waals surface area contributed by atoms with E-state index in [-0.39, 0.29) is 5.41 Å². The lowest BCUT2D eigenvalue weighted by Gasteiger charge is -2.36. The first-order valence-electron chi connectivity index (χ1n) is 6.45. The summed E-state index contributed by atoms with van der Waals surface area (Å²) in [5, 5.41) is 3.68. The Bertz CT molecular complexity index is 325. The number of hydrogen-bond donors (Lipinski definition) is 1. The van der Waals surface area contributed by atoms with Gasteiger partial charge in [-0.15, -0.1) is 0 Å². The molecule has 0 radical (unpaired) electrons. The molecule has 1 aliphatic carbocycles. The van der Waals surface area contributed by atoms with Crippen molar-refractivity contribution >= 4 is 0 Å². The number of likely N-dealkylation sites (N-methyl/N-ethyl adjacent to an activating group) is 1. The Morgan fingerprint density at radius 2 is 1.88 bits per heavy atom. The molecule has 1 saturated carbocycles. The molecule has 1 aromatic rings. The Morgan fingerprint density at radius 1 is 1.25 bits per heavy atom. The molecule has 1 heteroatoms. The van der Waals surface area contributed by atoms with Crippen LogP contribution in [-0.4, -0.2) is 12.6 Å². The maximum absolute atomic E-state index is 3.68. The minimum absolute atomic E-state index is 0.235. The van der Waals surface area contributed by atoms with E-state index >= 15 is 0 Å². The van der Waals surface area contributed by atoms with E-state index in [0.29, 0.717) is 6.04 Å². The fourth-order valence-electron chi connectivity index (χ4n) is 2.71. The molecule has 0 heterocycles. The van der Waals surface area contributed by atoms with Gasteiger partial charge in [0.25, 0.3) is 0 Å². The highest BCUT2D eigenvalue weighted by Gasteiger charge is 2.41. The molecule has 0 bridgehead atoms. The molecule has 1 nitrogen and oxygen atoms in total. The third-order valence-electron chi connectivity index (χ3n) is 3.81. The van der Waals surface area contributed by atoms with E-state index in [1.165, 1.54) is 18.4 Å². The van der Waals surface area contributed by atoms with Gasteiger partial charge in [0, 0.05) is 11.5 Å². The topological polar surface area (TPSA) is 12.0 Å². The van der Waals surface area contributed by atoms with E-state index in [2.05, 4.69) is 56.4 Å². The summed E-state index contributed by atoms with van der Waals surface area (Å²) in [4.78, 5) is 0. The van der Waals surface area contributed by atoms with Crippen LogP contribution in [0.3, 0.4) is 0 Å². The summed E-state index contributed by atoms with van der Waals surface area (Å²) in [7, 11) is 0. The van der Waals surface area contributed by atoms with E-state index in [4.69, 9.17) is 0 Å². The van der Waals surface area contributed by atoms with Gasteiger partial charge in [0.15, 0.2) is 0 Å². The molecule has 1 aliphatic rings. The lowest BCUT2D eigenvalue weighted by atomic mass is 9.75. The van der Waals surface area contributed by atoms with Crippen LogP contribution in [0.25, 0.3) is 0 Å². The number of benzene rings is 1. The zero-order chi connectivity index (χ0) is 11.6. The van der Waals surface area contributed by atoms with E-state index in [1.807, 2.05) is 0 Å². The molecule has 1 N–H and O–H groups in total. The van der Waals surface area contributed by atoms with Crippen LogP contribution in [0.1, 0.15) is 39.2 Å². The van der Waals surface area contributed by atoms with E-state index < -0.39 is 0 Å². The molecule has 0 aromatic heterocycles. The molecular weight excluding hydrogens is 194 g/mol. The van der Waals surface area contributed by atoms with Gasteiger partial charge in [0.05, 0.1) is 0 Å². The zero-order valence-electron chi connectivity index (χ0n) is 10.7. The third-order valence-corrected chi connectivity index (χ3v) is 3.81. The van der Waals surface area contributed by atoms with E-state index in [1.54, 1.807) is 0 Å². The minimum atomic E-state index is 0.235. The highest BCUT2D eigenvalue weighted by atomic mass is 14.9. The van der Waals surface area contributed by atoms with Crippen molar-refractivity contribution in [1.82, 2.24) is 5.32 Å². The molecule has 1 unspecified atom stereocenters. The van der Waals surface area contributed by atoms with Gasteiger partial charge < -0.3 is 5.32 Å². The van der Waals surface area contributed by atoms with Gasteiger partial charge in [-0.1, -0.05) is 51.1 Å². The molecular formula is C15H23N. The molecule has 0 amide bonds. The van der Waals surface area contributed by atoms with Crippen molar-refractivity contribution in [3.8, 4) is 0 Å². The minimum Gasteiger partial charge on any atom is -0.313 e. The largest absolute Gasteiger partial charge is 0.313 e. The van der Waals surface area contributed by atoms with Crippen LogP contribution in [0.4, 0.5) is 0 Å². The van der Waals surface area contributed by atoms with Crippen LogP contribution in [-0.2, 0) is 5.41 Å². The fourth-order valence-corrected chi connectivity index (χ4v) is 2.71. The number of rotatable bonds is 5. The zero-order valence-corrected chi connectivity index (χ0v) is 10.7. The molecule has 88 valence electrons. The van der Waals surface area contributed by atoms with Crippen molar-refractivity contribution in [3.63, 3.8) is 0 Å². The maximum atomic E-state index is 3.68. The highest BCUT2D eigenvalue weighted by Crippen LogP contribution is 2.41. The Labute approximate surface area is 99.3 Å². The summed E-state index contributed by atoms with van der Waals surface area (Å²) in [6, 6.07) is 11.5. The standard InChI is InChI=1S/C15H23N/c1-4-16-14(12-10-11-12)15(2,3)13-8-6-5-7-9-13/h5-9,12,14,16H,4,10-11H2,1-3H3. The Kier molecular flexibility index (Phi) is 3.34. The molecule has 1 fully saturated rings. The Balaban J connectivity index is 2.21. The van der Waals surface area contributed by atoms with Gasteiger partial charge >= 0.3 is 0 Å². The average Bonchev–Trinajstić information content (AvgIpc) is 3.11. The van der Waals surface area contributed by atoms with E-state index in [9.17, 15) is 0 Å². The SMILES string of the molecule is CCNC(C1CC1)C(C)(C)c1ccccc1. The van der Waals surface area contributed by atoms with Gasteiger partial charge in [-0.05, 0) is 30.9 Å². The highest BCUT2D eigenvalue weighted by molar-refractivity contribution is 5.26. The summed E-state index contributed by atoms with van der Waals surface area (Å²) in [5.74, 6) is 0.884. The van der Waals surface area contributed by atoms with Crippen molar-refractivity contribution in [3.05, 3.63) is 35.9 Å². The quantitative estimate of drug-likeness (QED) is 0.797. The molecule has 2 rings (SSSR count). The van der Waals surface area contributed by atoms with Gasteiger partial charge in [0.1, 0.15) is 0 Å². The second kappa shape index (κ2) is 4.58. The summed E-state index contributed by atoms with van der Waals surface area (Å²) >= 11 is 0. The molecule has 0 saturated heterocycles. The van der Waals surface area contributed by atoms with Crippen molar-refractivity contribution in [2.75, 3.05) is 6.54 Å². The second-order valence-corrected chi connectivity index (χ2v) is 5.46. The molecule has 0 aliphatic heterocycles. The average molecular weight is 217 g/mol. The summed E-state index contributed by atoms with van der Waals surface area (Å²) in [5.41, 5.74) is 1.69. The fraction of sp³-hybridized carbons (Fsp3) is 0.600. The lowest BCUT2D eigenvalue weighted by Crippen LogP contribution is -2.46. The predicted molar refractivity (Wildman–Crippen MR) is 69.7 cm³/mol. The van der Waals surface area contributed by atoms with Crippen LogP contribution in [0.15, 0.2) is 30.3 Å². The first-order chi connectivity index (χ1) is 7.66. The third kappa shape index (κ3) is 2.30. The van der Waals surface area contributed by atoms with Crippen LogP contribution in [0.5, 0.6) is 0 Å². The number of hydrogen-bond acceptors (Lipinski definition) is 1. The first kappa shape index (κ1) is 11.7. The van der Waals surface area contributed by atoms with Crippen LogP contribution in [0, 0.1) is 5.92 Å². The predicted octanol–water partition coefficient (Wildman–Crippen LogP) is 3.35. The maximum Gasteiger partial charge on any atom is 0.0187 e. The van der Waals surface area contributed by atoms with Crippen LogP contribution < -0.4 is 5.32 Å². The summed E-state index contributed by atoms with van der Waals surface area (Å²) in [6.45, 7) is 8.01. The van der Waals surface area contributed by atoms with Gasteiger partial charge in [-0.2, -0.15) is 0 Å². The monoisotopic (exact) mass is 217 g/mol. The molecule has 1 atom stereocenters. The number of nitrogens with one attached hydrogen (secondary N) is 1. The van der Waals surface area contributed by atoms with Gasteiger partial charge in [0.2, 0.25) is 0 Å². The molecule has 0 spiro atoms. The smallest absolute Gasteiger partial charge is 0.0187 e. The second-order valence-electron chi connectivity index (χ2n) is 5.46. The summed E-state index contributed by atoms with van der Waals surface area (Å²) < 4.78 is 0. The summed E-state index contributed by atoms with van der Waals surface area (Å²) in [6.07, 6.45) is 2.79. The first-order valence-corrected chi connectivity index (χ1v) is 6.45. The van der Waals surface area contributed by atoms with Crippen molar-refractivity contribution in [2.24, 2.45) is 5.92 Å². The van der Waals surface area contributed by atoms with Gasteiger partial charge in [-0.3, -0.25) is 0 Å². The van der Waals surface area contributed by atoms with Crippen molar-refractivity contribution < 1.29 is 0 Å². The van der Waals surface area contributed by atoms with Crippen molar-refractivity contribution in [2.45, 2.75) is 45.1 Å². The lowest BCUT2D eigenvalue weighted by molar-refractivity contribution is 0.312. The molecule has 1 aromatic carbocycles. The van der Waals surface area contributed by atoms with Crippen LogP contribution >= 0.6 is 0 Å². The Hall–Kier alpha value is -0.820. The van der Waals surface area contributed by atoms with Gasteiger partial charge in [-0.25, -0.2) is 0 Å². The van der Waals surface area contributed by atoms with Crippen LogP contribution in [0.2, 0.25) is 0 Å². The normalized spacial score (nSPS) is 18.4. The van der Waals surface area contributed by atoms with Crippen molar-refractivity contribution in [1.29, 1.82) is 0 Å². The molecule has 16 heavy (non-hydrogen) atoms.